The average molecular weight is 268 g/mol. The quantitative estimate of drug-likeness (QED) is 0.548. The van der Waals surface area contributed by atoms with Crippen molar-refractivity contribution in [1.29, 1.82) is 0 Å². The number of phenols is 2. The molecule has 5 N–H and O–H groups in total. The van der Waals surface area contributed by atoms with E-state index in [2.05, 4.69) is 5.32 Å². The summed E-state index contributed by atoms with van der Waals surface area (Å²) >= 11 is 0. The molecule has 0 bridgehead atoms. The molecule has 0 aliphatic carbocycles. The zero-order chi connectivity index (χ0) is 14.4. The average Bonchev–Trinajstić information content (AvgIpc) is 2.34. The Morgan fingerprint density at radius 1 is 1.42 bits per heavy atom. The summed E-state index contributed by atoms with van der Waals surface area (Å²) in [5, 5.41) is 21.3. The minimum Gasteiger partial charge on any atom is -0.504 e. The van der Waals surface area contributed by atoms with E-state index in [0.717, 1.165) is 0 Å². The first-order valence-corrected chi connectivity index (χ1v) is 5.99. The molecule has 1 amide bonds. The highest BCUT2D eigenvalue weighted by atomic mass is 16.5. The Bertz CT molecular complexity index is 437. The molecule has 0 heterocycles. The van der Waals surface area contributed by atoms with Crippen LogP contribution in [-0.2, 0) is 16.0 Å². The van der Waals surface area contributed by atoms with Crippen molar-refractivity contribution >= 4 is 5.91 Å². The van der Waals surface area contributed by atoms with Gasteiger partial charge in [-0.05, 0) is 31.0 Å². The van der Waals surface area contributed by atoms with Crippen molar-refractivity contribution in [2.75, 3.05) is 13.7 Å². The number of nitrogens with two attached hydrogens (primary N) is 1. The van der Waals surface area contributed by atoms with Crippen LogP contribution in [0.1, 0.15) is 12.5 Å². The molecule has 0 radical (unpaired) electrons. The fourth-order valence-electron chi connectivity index (χ4n) is 1.68. The third kappa shape index (κ3) is 4.76. The third-order valence-corrected chi connectivity index (χ3v) is 2.64. The van der Waals surface area contributed by atoms with E-state index < -0.39 is 6.04 Å². The SMILES string of the molecule is COCC(C)NC(=O)[C@@H](N)Cc1ccc(O)c(O)c1. The number of aromatic hydroxyl groups is 2. The van der Waals surface area contributed by atoms with Gasteiger partial charge < -0.3 is 26.0 Å². The number of amides is 1. The van der Waals surface area contributed by atoms with Crippen molar-refractivity contribution in [2.24, 2.45) is 5.73 Å². The van der Waals surface area contributed by atoms with Crippen LogP contribution in [0.3, 0.4) is 0 Å². The van der Waals surface area contributed by atoms with E-state index in [-0.39, 0.29) is 29.9 Å². The fraction of sp³-hybridized carbons (Fsp3) is 0.462. The van der Waals surface area contributed by atoms with E-state index in [1.807, 2.05) is 6.92 Å². The molecule has 19 heavy (non-hydrogen) atoms. The lowest BCUT2D eigenvalue weighted by atomic mass is 10.1. The van der Waals surface area contributed by atoms with Gasteiger partial charge in [0, 0.05) is 13.2 Å². The Hall–Kier alpha value is -1.79. The molecule has 0 saturated heterocycles. The highest BCUT2D eigenvalue weighted by molar-refractivity contribution is 5.82. The van der Waals surface area contributed by atoms with E-state index in [1.165, 1.54) is 12.1 Å². The number of carbonyl (C=O) groups excluding carboxylic acids is 1. The van der Waals surface area contributed by atoms with Gasteiger partial charge in [0.05, 0.1) is 12.6 Å². The molecule has 0 aliphatic heterocycles. The summed E-state index contributed by atoms with van der Waals surface area (Å²) in [6.07, 6.45) is 0.277. The van der Waals surface area contributed by atoms with Crippen LogP contribution in [0.25, 0.3) is 0 Å². The van der Waals surface area contributed by atoms with Gasteiger partial charge in [0.2, 0.25) is 5.91 Å². The number of nitrogens with one attached hydrogen (secondary N) is 1. The molecule has 0 aromatic heterocycles. The van der Waals surface area contributed by atoms with Crippen LogP contribution < -0.4 is 11.1 Å². The van der Waals surface area contributed by atoms with Crippen LogP contribution in [-0.4, -0.2) is 41.9 Å². The number of carbonyl (C=O) groups is 1. The number of ether oxygens (including phenoxy) is 1. The smallest absolute Gasteiger partial charge is 0.237 e. The zero-order valence-electron chi connectivity index (χ0n) is 11.1. The molecular formula is C13H20N2O4. The first-order valence-electron chi connectivity index (χ1n) is 5.99. The third-order valence-electron chi connectivity index (χ3n) is 2.64. The Morgan fingerprint density at radius 3 is 2.68 bits per heavy atom. The van der Waals surface area contributed by atoms with Crippen molar-refractivity contribution in [3.05, 3.63) is 23.8 Å². The minimum atomic E-state index is -0.719. The molecule has 2 atom stereocenters. The molecule has 1 aromatic carbocycles. The van der Waals surface area contributed by atoms with Crippen LogP contribution in [0.2, 0.25) is 0 Å². The summed E-state index contributed by atoms with van der Waals surface area (Å²) in [5.41, 5.74) is 6.46. The predicted octanol–water partition coefficient (Wildman–Crippen LogP) is 0.119. The molecule has 1 aromatic rings. The second-order valence-corrected chi connectivity index (χ2v) is 4.50. The second kappa shape index (κ2) is 6.96. The number of rotatable bonds is 6. The van der Waals surface area contributed by atoms with Crippen molar-refractivity contribution < 1.29 is 19.7 Å². The lowest BCUT2D eigenvalue weighted by Crippen LogP contribution is -2.46. The van der Waals surface area contributed by atoms with Crippen molar-refractivity contribution in [3.63, 3.8) is 0 Å². The maximum Gasteiger partial charge on any atom is 0.237 e. The van der Waals surface area contributed by atoms with Crippen LogP contribution in [0.5, 0.6) is 11.5 Å². The van der Waals surface area contributed by atoms with E-state index in [1.54, 1.807) is 13.2 Å². The largest absolute Gasteiger partial charge is 0.504 e. The summed E-state index contributed by atoms with van der Waals surface area (Å²) in [4.78, 5) is 11.8. The number of hydrogen-bond donors (Lipinski definition) is 4. The van der Waals surface area contributed by atoms with Crippen LogP contribution >= 0.6 is 0 Å². The maximum absolute atomic E-state index is 11.8. The van der Waals surface area contributed by atoms with Crippen LogP contribution in [0.4, 0.5) is 0 Å². The molecule has 1 rings (SSSR count). The molecule has 0 fully saturated rings. The van der Waals surface area contributed by atoms with E-state index in [0.29, 0.717) is 12.2 Å². The molecule has 6 nitrogen and oxygen atoms in total. The van der Waals surface area contributed by atoms with Crippen molar-refractivity contribution in [1.82, 2.24) is 5.32 Å². The Kier molecular flexibility index (Phi) is 5.59. The van der Waals surface area contributed by atoms with E-state index in [9.17, 15) is 15.0 Å². The fourth-order valence-corrected chi connectivity index (χ4v) is 1.68. The lowest BCUT2D eigenvalue weighted by Gasteiger charge is -2.17. The second-order valence-electron chi connectivity index (χ2n) is 4.50. The topological polar surface area (TPSA) is 105 Å². The highest BCUT2D eigenvalue weighted by Gasteiger charge is 2.16. The molecule has 6 heteroatoms. The predicted molar refractivity (Wildman–Crippen MR) is 70.9 cm³/mol. The lowest BCUT2D eigenvalue weighted by molar-refractivity contribution is -0.123. The summed E-state index contributed by atoms with van der Waals surface area (Å²) < 4.78 is 4.92. The Balaban J connectivity index is 2.56. The molecular weight excluding hydrogens is 248 g/mol. The van der Waals surface area contributed by atoms with E-state index in [4.69, 9.17) is 10.5 Å². The van der Waals surface area contributed by atoms with Gasteiger partial charge in [-0.1, -0.05) is 6.07 Å². The van der Waals surface area contributed by atoms with E-state index >= 15 is 0 Å². The van der Waals surface area contributed by atoms with Crippen LogP contribution in [0, 0.1) is 0 Å². The summed E-state index contributed by atoms with van der Waals surface area (Å²) in [6.45, 7) is 2.24. The molecule has 0 spiro atoms. The van der Waals surface area contributed by atoms with Gasteiger partial charge in [0.25, 0.3) is 0 Å². The first kappa shape index (κ1) is 15.3. The van der Waals surface area contributed by atoms with Gasteiger partial charge in [0.1, 0.15) is 0 Å². The normalized spacial score (nSPS) is 13.8. The first-order chi connectivity index (χ1) is 8.93. The van der Waals surface area contributed by atoms with Gasteiger partial charge in [-0.25, -0.2) is 0 Å². The summed E-state index contributed by atoms with van der Waals surface area (Å²) in [7, 11) is 1.56. The summed E-state index contributed by atoms with van der Waals surface area (Å²) in [5.74, 6) is -0.703. The molecule has 0 aliphatic rings. The van der Waals surface area contributed by atoms with Gasteiger partial charge in [-0.15, -0.1) is 0 Å². The molecule has 0 saturated carbocycles. The zero-order valence-corrected chi connectivity index (χ0v) is 11.1. The van der Waals surface area contributed by atoms with Gasteiger partial charge in [0.15, 0.2) is 11.5 Å². The number of phenolic OH excluding ortho intramolecular Hbond substituents is 2. The monoisotopic (exact) mass is 268 g/mol. The van der Waals surface area contributed by atoms with Gasteiger partial charge >= 0.3 is 0 Å². The number of hydrogen-bond acceptors (Lipinski definition) is 5. The van der Waals surface area contributed by atoms with Crippen molar-refractivity contribution in [3.8, 4) is 11.5 Å². The minimum absolute atomic E-state index is 0.114. The number of benzene rings is 1. The van der Waals surface area contributed by atoms with Crippen molar-refractivity contribution in [2.45, 2.75) is 25.4 Å². The van der Waals surface area contributed by atoms with Gasteiger partial charge in [-0.2, -0.15) is 0 Å². The summed E-state index contributed by atoms with van der Waals surface area (Å²) in [6, 6.07) is 3.53. The molecule has 1 unspecified atom stereocenters. The maximum atomic E-state index is 11.8. The standard InChI is InChI=1S/C13H20N2O4/c1-8(7-19-2)15-13(18)10(14)5-9-3-4-11(16)12(17)6-9/h3-4,6,8,10,16-17H,5,7,14H2,1-2H3,(H,15,18)/t8?,10-/m0/s1. The van der Waals surface area contributed by atoms with Crippen LogP contribution in [0.15, 0.2) is 18.2 Å². The van der Waals surface area contributed by atoms with Gasteiger partial charge in [-0.3, -0.25) is 4.79 Å². The Morgan fingerprint density at radius 2 is 2.11 bits per heavy atom. The highest BCUT2D eigenvalue weighted by Crippen LogP contribution is 2.25. The number of methoxy groups -OCH3 is 1. The Labute approximate surface area is 112 Å². The molecule has 106 valence electrons.